The van der Waals surface area contributed by atoms with Gasteiger partial charge in [-0.1, -0.05) is 0 Å². The van der Waals surface area contributed by atoms with E-state index in [0.29, 0.717) is 0 Å². The number of rotatable bonds is 0. The number of carbonyl (C=O) groups is 1. The Hall–Kier alpha value is 1.18. The van der Waals surface area contributed by atoms with Gasteiger partial charge in [0.05, 0.1) is 0 Å². The van der Waals surface area contributed by atoms with Gasteiger partial charge in [0.2, 0.25) is 0 Å². The number of hydrogen-bond donors (Lipinski definition) is 0. The maximum atomic E-state index is 8.33. The summed E-state index contributed by atoms with van der Waals surface area (Å²) in [5.74, 6) is 0. The van der Waals surface area contributed by atoms with Gasteiger partial charge in [0.25, 0.3) is 0 Å². The fraction of sp³-hybridized carbons (Fsp3) is 0. The molecule has 0 aromatic rings. The predicted octanol–water partition coefficient (Wildman–Crippen LogP) is -8.44. The predicted molar refractivity (Wildman–Crippen MR) is 5.40 cm³/mol. The summed E-state index contributed by atoms with van der Waals surface area (Å²) < 4.78 is 0. The summed E-state index contributed by atoms with van der Waals surface area (Å²) in [5, 5.41) is 16.7. The first kappa shape index (κ1) is 24.1. The van der Waals surface area contributed by atoms with Crippen LogP contribution in [-0.2, 0) is 0 Å². The van der Waals surface area contributed by atoms with E-state index in [0.717, 1.165) is 0 Å². The van der Waals surface area contributed by atoms with Crippen molar-refractivity contribution in [2.24, 2.45) is 0 Å². The first-order chi connectivity index (χ1) is 1.73. The van der Waals surface area contributed by atoms with Gasteiger partial charge in [0, 0.05) is 6.15 Å². The summed E-state index contributed by atoms with van der Waals surface area (Å²) in [4.78, 5) is 8.33. The summed E-state index contributed by atoms with van der Waals surface area (Å²) in [6.45, 7) is 0. The van der Waals surface area contributed by atoms with Crippen molar-refractivity contribution < 1.29 is 80.3 Å². The third-order valence-electron chi connectivity index (χ3n) is 0. The van der Waals surface area contributed by atoms with Gasteiger partial charge in [-0.2, -0.15) is 0 Å². The van der Waals surface area contributed by atoms with Crippen LogP contribution in [0.25, 0.3) is 0 Å². The Morgan fingerprint density at radius 1 is 1.14 bits per heavy atom. The average molecular weight is 110 g/mol. The maximum absolute atomic E-state index is 8.33. The third kappa shape index (κ3) is 139. The topological polar surface area (TPSA) is 63.2 Å². The molecule has 0 aliphatic rings. The van der Waals surface area contributed by atoms with Gasteiger partial charge in [-0.05, 0) is 6.16 Å². The van der Waals surface area contributed by atoms with E-state index in [2.05, 4.69) is 0 Å². The second-order valence-electron chi connectivity index (χ2n) is 0.250. The molecule has 0 heterocycles. The Labute approximate surface area is 85.5 Å². The summed E-state index contributed by atoms with van der Waals surface area (Å²) >= 11 is 0. The first-order valence-corrected chi connectivity index (χ1v) is 0.612. The molecule has 0 rings (SSSR count). The van der Waals surface area contributed by atoms with Gasteiger partial charge in [0.15, 0.2) is 0 Å². The van der Waals surface area contributed by atoms with Gasteiger partial charge in [-0.25, -0.2) is 0 Å². The van der Waals surface area contributed by atoms with Crippen molar-refractivity contribution in [3.63, 3.8) is 0 Å². The molecule has 0 saturated heterocycles. The molecule has 26 valence electrons. The van der Waals surface area contributed by atoms with Crippen molar-refractivity contribution in [2.45, 2.75) is 0 Å². The van der Waals surface area contributed by atoms with Gasteiger partial charge in [-0.15, -0.1) is 0 Å². The molecule has 0 fully saturated rings. The first-order valence-electron chi connectivity index (χ1n) is 0.612. The molecule has 0 aliphatic carbocycles. The van der Waals surface area contributed by atoms with Crippen molar-refractivity contribution in [1.29, 1.82) is 0 Å². The minimum atomic E-state index is -2.33. The minimum Gasteiger partial charge on any atom is -0.652 e. The molecule has 0 spiro atoms. The molecule has 0 unspecified atom stereocenters. The van der Waals surface area contributed by atoms with Crippen molar-refractivity contribution >= 4 is 6.16 Å². The van der Waals surface area contributed by atoms with Crippen LogP contribution in [0.15, 0.2) is 0 Å². The zero-order valence-electron chi connectivity index (χ0n) is 4.43. The van der Waals surface area contributed by atoms with Crippen LogP contribution >= 0.6 is 0 Å². The molecule has 0 aromatic heterocycles. The van der Waals surface area contributed by atoms with Crippen LogP contribution in [0.4, 0.5) is 4.79 Å². The van der Waals surface area contributed by atoms with E-state index in [1.54, 1.807) is 0 Å². The molecular formula is CHeNa2O3. The zero-order valence-corrected chi connectivity index (χ0v) is 8.43. The molecule has 6 heteroatoms. The van der Waals surface area contributed by atoms with E-state index in [1.807, 2.05) is 0 Å². The van der Waals surface area contributed by atoms with Crippen LogP contribution in [0.1, 0.15) is 0 Å². The molecule has 0 atom stereocenters. The number of carboxylic acid groups (broad SMARTS) is 2. The molecule has 0 aromatic carbocycles. The van der Waals surface area contributed by atoms with Crippen molar-refractivity contribution in [2.75, 3.05) is 0 Å². The molecule has 0 aliphatic heterocycles. The van der Waals surface area contributed by atoms with Crippen molar-refractivity contribution in [3.05, 3.63) is 0 Å². The fourth-order valence-electron chi connectivity index (χ4n) is 0. The smallest absolute Gasteiger partial charge is 0.652 e. The summed E-state index contributed by atoms with van der Waals surface area (Å²) in [6.07, 6.45) is -2.33. The van der Waals surface area contributed by atoms with Crippen LogP contribution in [0.3, 0.4) is 0 Å². The van der Waals surface area contributed by atoms with Gasteiger partial charge in [0.1, 0.15) is 0 Å². The quantitative estimate of drug-likeness (QED) is 0.291. The molecule has 0 N–H and O–H groups in total. The SMILES string of the molecule is O=C([O-])[O-].[He].[Na+].[Na+]. The van der Waals surface area contributed by atoms with E-state index >= 15 is 0 Å². The summed E-state index contributed by atoms with van der Waals surface area (Å²) in [5.41, 5.74) is 0. The largest absolute Gasteiger partial charge is 1.00 e. The molecular weight excluding hydrogens is 110 g/mol. The fourth-order valence-corrected chi connectivity index (χ4v) is 0. The van der Waals surface area contributed by atoms with Crippen molar-refractivity contribution in [3.8, 4) is 0 Å². The van der Waals surface area contributed by atoms with Gasteiger partial charge < -0.3 is 15.0 Å². The molecule has 0 bridgehead atoms. The summed E-state index contributed by atoms with van der Waals surface area (Å²) in [6, 6.07) is 0. The Morgan fingerprint density at radius 2 is 1.14 bits per heavy atom. The second kappa shape index (κ2) is 15.7. The van der Waals surface area contributed by atoms with E-state index in [1.165, 1.54) is 0 Å². The Morgan fingerprint density at radius 3 is 1.14 bits per heavy atom. The third-order valence-corrected chi connectivity index (χ3v) is 0. The van der Waals surface area contributed by atoms with Crippen LogP contribution in [0.5, 0.6) is 0 Å². The average Bonchev–Trinajstić information content (AvgIpc) is 0.811. The Balaban J connectivity index is -0.0000000150. The van der Waals surface area contributed by atoms with Gasteiger partial charge in [-0.3, -0.25) is 0 Å². The molecule has 0 radical (unpaired) electrons. The van der Waals surface area contributed by atoms with E-state index in [4.69, 9.17) is 15.0 Å². The standard InChI is InChI=1S/CH2O3.He.2Na/c2-1(3)4;;;/h(H2,2,3,4);;;/q;;2*+1/p-2. The normalized spacial score (nSPS) is 3.43. The van der Waals surface area contributed by atoms with Crippen LogP contribution in [0, 0.1) is 6.15 Å². The van der Waals surface area contributed by atoms with Crippen LogP contribution in [0.2, 0.25) is 0 Å². The monoisotopic (exact) mass is 110 g/mol. The molecule has 0 saturated carbocycles. The van der Waals surface area contributed by atoms with Crippen molar-refractivity contribution in [1.82, 2.24) is 0 Å². The number of hydrogen-bond acceptors (Lipinski definition) is 3. The molecule has 0 amide bonds. The molecule has 7 heavy (non-hydrogen) atoms. The second-order valence-corrected chi connectivity index (χ2v) is 0.250. The minimum absolute atomic E-state index is 0. The van der Waals surface area contributed by atoms with Crippen LogP contribution < -0.4 is 69.3 Å². The Kier molecular flexibility index (Phi) is 54.1. The maximum Gasteiger partial charge on any atom is 1.00 e. The van der Waals surface area contributed by atoms with Gasteiger partial charge >= 0.3 is 59.1 Å². The van der Waals surface area contributed by atoms with E-state index in [-0.39, 0.29) is 65.3 Å². The summed E-state index contributed by atoms with van der Waals surface area (Å²) in [7, 11) is 0. The zero-order chi connectivity index (χ0) is 3.58. The molecule has 3 nitrogen and oxygen atoms in total. The Bertz CT molecular complexity index is 35.9. The number of carbonyl (C=O) groups excluding carboxylic acids is 1. The van der Waals surface area contributed by atoms with Crippen LogP contribution in [-0.4, -0.2) is 6.16 Å². The van der Waals surface area contributed by atoms with E-state index < -0.39 is 6.16 Å². The van der Waals surface area contributed by atoms with E-state index in [9.17, 15) is 0 Å².